The van der Waals surface area contributed by atoms with Crippen molar-refractivity contribution in [3.05, 3.63) is 27.5 Å². The van der Waals surface area contributed by atoms with Gasteiger partial charge in [-0.15, -0.1) is 0 Å². The molecule has 2 rings (SSSR count). The van der Waals surface area contributed by atoms with Crippen LogP contribution in [0.2, 0.25) is 0 Å². The number of anilines is 2. The monoisotopic (exact) mass is 450 g/mol. The Morgan fingerprint density at radius 2 is 1.91 bits per heavy atom. The molecule has 1 heterocycles. The second-order valence-electron chi connectivity index (χ2n) is 5.03. The summed E-state index contributed by atoms with van der Waals surface area (Å²) in [5.74, 6) is 0.459. The first kappa shape index (κ1) is 17.7. The first-order valence-corrected chi connectivity index (χ1v) is 8.98. The van der Waals surface area contributed by atoms with Gasteiger partial charge in [-0.25, -0.2) is 4.98 Å². The van der Waals surface area contributed by atoms with Gasteiger partial charge in [-0.3, -0.25) is 4.55 Å². The minimum absolute atomic E-state index is 0.000156. The average Bonchev–Trinajstić information content (AvgIpc) is 2.41. The van der Waals surface area contributed by atoms with Crippen molar-refractivity contribution in [2.45, 2.75) is 24.7 Å². The van der Waals surface area contributed by atoms with Gasteiger partial charge in [0.25, 0.3) is 10.1 Å². The van der Waals surface area contributed by atoms with Gasteiger partial charge in [0, 0.05) is 9.64 Å². The molecule has 0 amide bonds. The van der Waals surface area contributed by atoms with E-state index in [0.717, 1.165) is 5.56 Å². The van der Waals surface area contributed by atoms with Gasteiger partial charge in [0.05, 0.1) is 6.20 Å². The molecule has 0 fully saturated rings. The fraction of sp³-hybridized carbons (Fsp3) is 0.231. The van der Waals surface area contributed by atoms with E-state index in [2.05, 4.69) is 9.97 Å². The SMILES string of the molecule is CC(C)c1cc(I)c(S(=O)(=O)O)cc1Oc1cnc(N)nc1N. The van der Waals surface area contributed by atoms with E-state index in [1.54, 1.807) is 6.07 Å². The highest BCUT2D eigenvalue weighted by Crippen LogP contribution is 2.36. The fourth-order valence-corrected chi connectivity index (χ4v) is 3.77. The minimum Gasteiger partial charge on any atom is -0.451 e. The van der Waals surface area contributed by atoms with Crippen LogP contribution in [0.25, 0.3) is 0 Å². The molecule has 0 aliphatic rings. The van der Waals surface area contributed by atoms with E-state index in [-0.39, 0.29) is 34.1 Å². The van der Waals surface area contributed by atoms with Gasteiger partial charge >= 0.3 is 0 Å². The Labute approximate surface area is 147 Å². The summed E-state index contributed by atoms with van der Waals surface area (Å²) >= 11 is 1.84. The molecule has 5 N–H and O–H groups in total. The lowest BCUT2D eigenvalue weighted by Crippen LogP contribution is -2.06. The van der Waals surface area contributed by atoms with E-state index in [0.29, 0.717) is 3.57 Å². The Hall–Kier alpha value is -1.66. The summed E-state index contributed by atoms with van der Waals surface area (Å²) < 4.78 is 38.3. The maximum Gasteiger partial charge on any atom is 0.295 e. The molecule has 1 aromatic heterocycles. The molecule has 0 saturated heterocycles. The highest BCUT2D eigenvalue weighted by Gasteiger charge is 2.21. The van der Waals surface area contributed by atoms with Gasteiger partial charge < -0.3 is 16.2 Å². The largest absolute Gasteiger partial charge is 0.451 e. The Bertz CT molecular complexity index is 855. The predicted molar refractivity (Wildman–Crippen MR) is 94.0 cm³/mol. The number of nitrogens with two attached hydrogens (primary N) is 2. The molecule has 0 atom stereocenters. The van der Waals surface area contributed by atoms with Crippen molar-refractivity contribution in [2.24, 2.45) is 0 Å². The maximum atomic E-state index is 11.5. The van der Waals surface area contributed by atoms with E-state index in [9.17, 15) is 13.0 Å². The fourth-order valence-electron chi connectivity index (χ4n) is 1.88. The Balaban J connectivity index is 2.59. The molecular formula is C13H15IN4O4S. The molecule has 2 aromatic rings. The van der Waals surface area contributed by atoms with Crippen LogP contribution in [-0.4, -0.2) is 22.9 Å². The number of hydrogen-bond acceptors (Lipinski definition) is 7. The Morgan fingerprint density at radius 3 is 2.43 bits per heavy atom. The van der Waals surface area contributed by atoms with Crippen LogP contribution in [0, 0.1) is 3.57 Å². The third-order valence-corrected chi connectivity index (χ3v) is 5.14. The van der Waals surface area contributed by atoms with Crippen molar-refractivity contribution in [3.63, 3.8) is 0 Å². The van der Waals surface area contributed by atoms with Gasteiger partial charge in [-0.2, -0.15) is 13.4 Å². The lowest BCUT2D eigenvalue weighted by atomic mass is 10.0. The molecule has 10 heteroatoms. The van der Waals surface area contributed by atoms with E-state index >= 15 is 0 Å². The summed E-state index contributed by atoms with van der Waals surface area (Å²) in [5.41, 5.74) is 11.9. The van der Waals surface area contributed by atoms with E-state index in [1.807, 2.05) is 36.4 Å². The number of aromatic nitrogens is 2. The standard InChI is InChI=1S/C13H15IN4O4S/c1-6(2)7-3-8(14)11(23(19,20)21)4-9(7)22-10-5-17-13(16)18-12(10)15/h3-6H,1-2H3,(H,19,20,21)(H4,15,16,17,18). The zero-order chi connectivity index (χ0) is 17.4. The minimum atomic E-state index is -4.38. The van der Waals surface area contributed by atoms with Gasteiger partial charge in [0.2, 0.25) is 5.95 Å². The maximum absolute atomic E-state index is 11.5. The molecule has 124 valence electrons. The van der Waals surface area contributed by atoms with Crippen molar-refractivity contribution < 1.29 is 17.7 Å². The number of halogens is 1. The molecule has 8 nitrogen and oxygen atoms in total. The third-order valence-electron chi connectivity index (χ3n) is 2.99. The smallest absolute Gasteiger partial charge is 0.295 e. The zero-order valence-electron chi connectivity index (χ0n) is 12.3. The van der Waals surface area contributed by atoms with Gasteiger partial charge in [0.1, 0.15) is 10.6 Å². The average molecular weight is 450 g/mol. The summed E-state index contributed by atoms with van der Waals surface area (Å²) in [6, 6.07) is 2.89. The van der Waals surface area contributed by atoms with E-state index in [1.165, 1.54) is 12.3 Å². The van der Waals surface area contributed by atoms with Crippen LogP contribution in [0.15, 0.2) is 23.2 Å². The molecule has 0 unspecified atom stereocenters. The van der Waals surface area contributed by atoms with Gasteiger partial charge in [-0.05, 0) is 40.1 Å². The third kappa shape index (κ3) is 4.00. The molecule has 0 radical (unpaired) electrons. The topological polar surface area (TPSA) is 141 Å². The van der Waals surface area contributed by atoms with Crippen LogP contribution < -0.4 is 16.2 Å². The normalized spacial score (nSPS) is 11.7. The quantitative estimate of drug-likeness (QED) is 0.476. The summed E-state index contributed by atoms with van der Waals surface area (Å²) in [5, 5.41) is 0. The van der Waals surface area contributed by atoms with Crippen molar-refractivity contribution in [1.82, 2.24) is 9.97 Å². The number of nitrogens with zero attached hydrogens (tertiary/aromatic N) is 2. The summed E-state index contributed by atoms with van der Waals surface area (Å²) in [6.45, 7) is 3.85. The molecule has 0 spiro atoms. The highest BCUT2D eigenvalue weighted by molar-refractivity contribution is 14.1. The van der Waals surface area contributed by atoms with Gasteiger partial charge in [0.15, 0.2) is 11.6 Å². The van der Waals surface area contributed by atoms with Crippen LogP contribution in [-0.2, 0) is 10.1 Å². The van der Waals surface area contributed by atoms with E-state index in [4.69, 9.17) is 16.2 Å². The first-order valence-electron chi connectivity index (χ1n) is 6.46. The second-order valence-corrected chi connectivity index (χ2v) is 7.58. The Morgan fingerprint density at radius 1 is 1.26 bits per heavy atom. The van der Waals surface area contributed by atoms with Crippen molar-refractivity contribution in [1.29, 1.82) is 0 Å². The molecule has 0 saturated carbocycles. The number of ether oxygens (including phenoxy) is 1. The summed E-state index contributed by atoms with van der Waals surface area (Å²) in [4.78, 5) is 7.33. The van der Waals surface area contributed by atoms with Crippen LogP contribution in [0.5, 0.6) is 11.5 Å². The lowest BCUT2D eigenvalue weighted by molar-refractivity contribution is 0.463. The molecule has 0 aliphatic carbocycles. The summed E-state index contributed by atoms with van der Waals surface area (Å²) in [7, 11) is -4.38. The molecule has 0 bridgehead atoms. The van der Waals surface area contributed by atoms with Crippen LogP contribution in [0.1, 0.15) is 25.3 Å². The number of hydrogen-bond donors (Lipinski definition) is 3. The highest BCUT2D eigenvalue weighted by atomic mass is 127. The second kappa shape index (κ2) is 6.45. The van der Waals surface area contributed by atoms with Gasteiger partial charge in [-0.1, -0.05) is 13.8 Å². The first-order chi connectivity index (χ1) is 10.6. The van der Waals surface area contributed by atoms with Crippen LogP contribution >= 0.6 is 22.6 Å². The molecular weight excluding hydrogens is 435 g/mol. The van der Waals surface area contributed by atoms with Crippen molar-refractivity contribution >= 4 is 44.5 Å². The van der Waals surface area contributed by atoms with Crippen LogP contribution in [0.4, 0.5) is 11.8 Å². The van der Waals surface area contributed by atoms with E-state index < -0.39 is 10.1 Å². The molecule has 0 aliphatic heterocycles. The lowest BCUT2D eigenvalue weighted by Gasteiger charge is -2.16. The van der Waals surface area contributed by atoms with Crippen molar-refractivity contribution in [3.8, 4) is 11.5 Å². The predicted octanol–water partition coefficient (Wildman–Crippen LogP) is 2.41. The summed E-state index contributed by atoms with van der Waals surface area (Å²) in [6.07, 6.45) is 1.30. The zero-order valence-corrected chi connectivity index (χ0v) is 15.3. The molecule has 23 heavy (non-hydrogen) atoms. The number of nitrogen functional groups attached to an aromatic ring is 2. The Kier molecular flexibility index (Phi) is 4.96. The molecule has 1 aromatic carbocycles. The van der Waals surface area contributed by atoms with Crippen molar-refractivity contribution in [2.75, 3.05) is 11.5 Å². The number of benzene rings is 1. The van der Waals surface area contributed by atoms with Crippen LogP contribution in [0.3, 0.4) is 0 Å². The number of rotatable bonds is 4.